The normalized spacial score (nSPS) is 10.9. The second-order valence-corrected chi connectivity index (χ2v) is 6.42. The number of benzene rings is 1. The van der Waals surface area contributed by atoms with Crippen molar-refractivity contribution in [2.24, 2.45) is 0 Å². The predicted octanol–water partition coefficient (Wildman–Crippen LogP) is 3.76. The zero-order valence-corrected chi connectivity index (χ0v) is 14.8. The molecule has 0 radical (unpaired) electrons. The molecule has 134 valence electrons. The minimum absolute atomic E-state index is 0.390. The standard InChI is InChI=1S/C18H23N3O4/c1-18(2,3)25-17(23)21-13-7-5-6-12(10-13)20-11-15-14(8-9-19-15)16(22)24-4/h5-10,19-20H,11H2,1-4H3,(H,21,23). The monoisotopic (exact) mass is 345 g/mol. The number of ether oxygens (including phenoxy) is 2. The molecular formula is C18H23N3O4. The summed E-state index contributed by atoms with van der Waals surface area (Å²) in [5.41, 5.74) is 2.05. The Hall–Kier alpha value is -2.96. The van der Waals surface area contributed by atoms with E-state index >= 15 is 0 Å². The lowest BCUT2D eigenvalue weighted by atomic mass is 10.2. The number of aromatic nitrogens is 1. The fourth-order valence-corrected chi connectivity index (χ4v) is 2.17. The molecule has 7 heteroatoms. The highest BCUT2D eigenvalue weighted by Crippen LogP contribution is 2.18. The lowest BCUT2D eigenvalue weighted by molar-refractivity contribution is 0.0597. The lowest BCUT2D eigenvalue weighted by Crippen LogP contribution is -2.27. The van der Waals surface area contributed by atoms with Gasteiger partial charge in [-0.05, 0) is 45.0 Å². The smallest absolute Gasteiger partial charge is 0.412 e. The van der Waals surface area contributed by atoms with E-state index in [4.69, 9.17) is 9.47 Å². The fraction of sp³-hybridized carbons (Fsp3) is 0.333. The Morgan fingerprint density at radius 3 is 2.56 bits per heavy atom. The van der Waals surface area contributed by atoms with Crippen molar-refractivity contribution >= 4 is 23.4 Å². The quantitative estimate of drug-likeness (QED) is 0.718. The van der Waals surface area contributed by atoms with Crippen molar-refractivity contribution in [3.05, 3.63) is 47.8 Å². The third-order valence-electron chi connectivity index (χ3n) is 3.22. The molecule has 0 aliphatic rings. The Morgan fingerprint density at radius 2 is 1.88 bits per heavy atom. The minimum atomic E-state index is -0.558. The summed E-state index contributed by atoms with van der Waals surface area (Å²) in [6.07, 6.45) is 1.17. The maximum atomic E-state index is 11.8. The van der Waals surface area contributed by atoms with Gasteiger partial charge in [0.05, 0.1) is 19.2 Å². The largest absolute Gasteiger partial charge is 0.465 e. The molecule has 0 aliphatic carbocycles. The van der Waals surface area contributed by atoms with Gasteiger partial charge in [-0.2, -0.15) is 0 Å². The fourth-order valence-electron chi connectivity index (χ4n) is 2.17. The van der Waals surface area contributed by atoms with Crippen LogP contribution in [-0.2, 0) is 16.0 Å². The number of carbonyl (C=O) groups is 2. The number of H-pyrrole nitrogens is 1. The number of hydrogen-bond donors (Lipinski definition) is 3. The van der Waals surface area contributed by atoms with Gasteiger partial charge in [-0.3, -0.25) is 5.32 Å². The molecule has 0 spiro atoms. The molecule has 2 aromatic rings. The average molecular weight is 345 g/mol. The number of carbonyl (C=O) groups excluding carboxylic acids is 2. The average Bonchev–Trinajstić information content (AvgIpc) is 2.99. The van der Waals surface area contributed by atoms with Crippen LogP contribution < -0.4 is 10.6 Å². The predicted molar refractivity (Wildman–Crippen MR) is 95.8 cm³/mol. The van der Waals surface area contributed by atoms with Crippen LogP contribution in [0.2, 0.25) is 0 Å². The molecular weight excluding hydrogens is 322 g/mol. The first-order valence-corrected chi connectivity index (χ1v) is 7.87. The highest BCUT2D eigenvalue weighted by molar-refractivity contribution is 5.90. The molecule has 0 aliphatic heterocycles. The van der Waals surface area contributed by atoms with E-state index in [1.807, 2.05) is 12.1 Å². The first-order chi connectivity index (χ1) is 11.8. The summed E-state index contributed by atoms with van der Waals surface area (Å²) in [7, 11) is 1.35. The number of anilines is 2. The molecule has 1 heterocycles. The third kappa shape index (κ3) is 5.56. The molecule has 0 saturated heterocycles. The molecule has 2 rings (SSSR count). The van der Waals surface area contributed by atoms with Crippen LogP contribution in [0.3, 0.4) is 0 Å². The molecule has 0 saturated carbocycles. The molecule has 1 aromatic carbocycles. The number of aromatic amines is 1. The van der Waals surface area contributed by atoms with E-state index in [1.165, 1.54) is 7.11 Å². The van der Waals surface area contributed by atoms with Gasteiger partial charge >= 0.3 is 12.1 Å². The second-order valence-electron chi connectivity index (χ2n) is 6.42. The molecule has 3 N–H and O–H groups in total. The Balaban J connectivity index is 1.99. The van der Waals surface area contributed by atoms with Gasteiger partial charge in [0.25, 0.3) is 0 Å². The van der Waals surface area contributed by atoms with Crippen molar-refractivity contribution < 1.29 is 19.1 Å². The van der Waals surface area contributed by atoms with Crippen LogP contribution in [-0.4, -0.2) is 29.8 Å². The maximum Gasteiger partial charge on any atom is 0.412 e. The molecule has 0 bridgehead atoms. The van der Waals surface area contributed by atoms with Crippen molar-refractivity contribution in [2.75, 3.05) is 17.7 Å². The number of rotatable bonds is 5. The van der Waals surface area contributed by atoms with Gasteiger partial charge < -0.3 is 19.8 Å². The van der Waals surface area contributed by atoms with Crippen LogP contribution in [0.4, 0.5) is 16.2 Å². The number of amides is 1. The summed E-state index contributed by atoms with van der Waals surface area (Å²) in [4.78, 5) is 26.5. The molecule has 0 atom stereocenters. The summed E-state index contributed by atoms with van der Waals surface area (Å²) < 4.78 is 9.97. The first-order valence-electron chi connectivity index (χ1n) is 7.87. The van der Waals surface area contributed by atoms with Crippen LogP contribution in [0.25, 0.3) is 0 Å². The first kappa shape index (κ1) is 18.4. The highest BCUT2D eigenvalue weighted by Gasteiger charge is 2.16. The molecule has 1 amide bonds. The number of esters is 1. The zero-order chi connectivity index (χ0) is 18.4. The van der Waals surface area contributed by atoms with E-state index in [9.17, 15) is 9.59 Å². The Kier molecular flexibility index (Phi) is 5.69. The van der Waals surface area contributed by atoms with Gasteiger partial charge in [0.2, 0.25) is 0 Å². The molecule has 0 fully saturated rings. The summed E-state index contributed by atoms with van der Waals surface area (Å²) in [6.45, 7) is 5.83. The summed E-state index contributed by atoms with van der Waals surface area (Å²) in [5.74, 6) is -0.390. The SMILES string of the molecule is COC(=O)c1cc[nH]c1CNc1cccc(NC(=O)OC(C)(C)C)c1. The Morgan fingerprint density at radius 1 is 1.16 bits per heavy atom. The molecule has 0 unspecified atom stereocenters. The van der Waals surface area contributed by atoms with Gasteiger partial charge in [0.1, 0.15) is 5.60 Å². The lowest BCUT2D eigenvalue weighted by Gasteiger charge is -2.19. The van der Waals surface area contributed by atoms with Crippen LogP contribution in [0.15, 0.2) is 36.5 Å². The topological polar surface area (TPSA) is 92.5 Å². The van der Waals surface area contributed by atoms with Crippen LogP contribution in [0.1, 0.15) is 36.8 Å². The molecule has 25 heavy (non-hydrogen) atoms. The van der Waals surface area contributed by atoms with Crippen LogP contribution in [0, 0.1) is 0 Å². The van der Waals surface area contributed by atoms with Crippen molar-refractivity contribution in [2.45, 2.75) is 32.9 Å². The Labute approximate surface area is 146 Å². The number of hydrogen-bond acceptors (Lipinski definition) is 5. The van der Waals surface area contributed by atoms with Crippen molar-refractivity contribution in [1.82, 2.24) is 4.98 Å². The summed E-state index contributed by atoms with van der Waals surface area (Å²) in [5, 5.41) is 5.88. The second kappa shape index (κ2) is 7.74. The van der Waals surface area contributed by atoms with Crippen molar-refractivity contribution in [1.29, 1.82) is 0 Å². The van der Waals surface area contributed by atoms with Crippen molar-refractivity contribution in [3.8, 4) is 0 Å². The molecule has 7 nitrogen and oxygen atoms in total. The van der Waals surface area contributed by atoms with Gasteiger partial charge in [-0.25, -0.2) is 9.59 Å². The van der Waals surface area contributed by atoms with E-state index in [0.29, 0.717) is 17.8 Å². The van der Waals surface area contributed by atoms with Gasteiger partial charge in [0.15, 0.2) is 0 Å². The van der Waals surface area contributed by atoms with Gasteiger partial charge in [-0.1, -0.05) is 6.07 Å². The van der Waals surface area contributed by atoms with E-state index in [0.717, 1.165) is 11.4 Å². The van der Waals surface area contributed by atoms with E-state index in [-0.39, 0.29) is 0 Å². The highest BCUT2D eigenvalue weighted by atomic mass is 16.6. The van der Waals surface area contributed by atoms with E-state index < -0.39 is 17.7 Å². The maximum absolute atomic E-state index is 11.8. The summed E-state index contributed by atoms with van der Waals surface area (Å²) >= 11 is 0. The minimum Gasteiger partial charge on any atom is -0.465 e. The van der Waals surface area contributed by atoms with E-state index in [2.05, 4.69) is 15.6 Å². The number of methoxy groups -OCH3 is 1. The van der Waals surface area contributed by atoms with Gasteiger partial charge in [0, 0.05) is 23.3 Å². The number of nitrogens with one attached hydrogen (secondary N) is 3. The van der Waals surface area contributed by atoms with Crippen molar-refractivity contribution in [3.63, 3.8) is 0 Å². The van der Waals surface area contributed by atoms with E-state index in [1.54, 1.807) is 45.2 Å². The van der Waals surface area contributed by atoms with Crippen LogP contribution in [0.5, 0.6) is 0 Å². The Bertz CT molecular complexity index is 747. The third-order valence-corrected chi connectivity index (χ3v) is 3.22. The zero-order valence-electron chi connectivity index (χ0n) is 14.8. The van der Waals surface area contributed by atoms with Crippen LogP contribution >= 0.6 is 0 Å². The van der Waals surface area contributed by atoms with Gasteiger partial charge in [-0.15, -0.1) is 0 Å². The molecule has 1 aromatic heterocycles. The summed E-state index contributed by atoms with van der Waals surface area (Å²) in [6, 6.07) is 8.89.